The summed E-state index contributed by atoms with van der Waals surface area (Å²) in [7, 11) is 6.13. The third kappa shape index (κ3) is 4.87. The van der Waals surface area contributed by atoms with Crippen molar-refractivity contribution in [1.29, 1.82) is 0 Å². The molecule has 28 heavy (non-hydrogen) atoms. The quantitative estimate of drug-likeness (QED) is 0.473. The molecule has 1 heterocycles. The zero-order valence-corrected chi connectivity index (χ0v) is 18.8. The average molecular weight is 393 g/mol. The summed E-state index contributed by atoms with van der Waals surface area (Å²) in [5, 5.41) is 11.4. The molecule has 1 aliphatic carbocycles. The van der Waals surface area contributed by atoms with Crippen molar-refractivity contribution in [3.63, 3.8) is 0 Å². The van der Waals surface area contributed by atoms with Gasteiger partial charge in [0.25, 0.3) is 0 Å². The number of likely N-dealkylation sites (N-methyl/N-ethyl adjacent to an activating group) is 1. The minimum Gasteiger partial charge on any atom is -0.378 e. The maximum atomic E-state index is 6.02. The Morgan fingerprint density at radius 3 is 2.57 bits per heavy atom. The molecule has 0 aromatic carbocycles. The van der Waals surface area contributed by atoms with E-state index in [4.69, 9.17) is 9.73 Å². The first-order valence-corrected chi connectivity index (χ1v) is 10.7. The minimum absolute atomic E-state index is 0.191. The van der Waals surface area contributed by atoms with Crippen LogP contribution < -0.4 is 10.6 Å². The summed E-state index contributed by atoms with van der Waals surface area (Å²) >= 11 is 0. The molecule has 0 bridgehead atoms. The highest BCUT2D eigenvalue weighted by molar-refractivity contribution is 5.80. The van der Waals surface area contributed by atoms with Crippen LogP contribution in [0.4, 0.5) is 0 Å². The van der Waals surface area contributed by atoms with Crippen molar-refractivity contribution >= 4 is 5.96 Å². The standard InChI is InChI=1S/C21H40N6O/c1-8-21(9-2)18(12-19(21)28-11-4)25-20(22-10-3)23-14-17(26(5)6)16-13-24-27(7)15-16/h13,15,17-19H,8-12,14H2,1-7H3,(H2,22,23,25). The van der Waals surface area contributed by atoms with Crippen LogP contribution >= 0.6 is 0 Å². The number of rotatable bonds is 10. The fourth-order valence-corrected chi connectivity index (χ4v) is 4.43. The van der Waals surface area contributed by atoms with Crippen molar-refractivity contribution in [2.75, 3.05) is 33.8 Å². The number of nitrogens with one attached hydrogen (secondary N) is 2. The maximum absolute atomic E-state index is 6.02. The van der Waals surface area contributed by atoms with Gasteiger partial charge in [-0.25, -0.2) is 0 Å². The van der Waals surface area contributed by atoms with E-state index in [0.717, 1.165) is 38.4 Å². The summed E-state index contributed by atoms with van der Waals surface area (Å²) in [6.45, 7) is 11.1. The number of ether oxygens (including phenoxy) is 1. The Balaban J connectivity index is 2.11. The number of nitrogens with zero attached hydrogens (tertiary/aromatic N) is 4. The van der Waals surface area contributed by atoms with Crippen LogP contribution in [-0.4, -0.2) is 66.6 Å². The lowest BCUT2D eigenvalue weighted by Gasteiger charge is -2.55. The second kappa shape index (κ2) is 10.3. The zero-order valence-electron chi connectivity index (χ0n) is 18.8. The zero-order chi connectivity index (χ0) is 20.7. The van der Waals surface area contributed by atoms with Gasteiger partial charge in [-0.05, 0) is 47.2 Å². The van der Waals surface area contributed by atoms with Crippen molar-refractivity contribution in [1.82, 2.24) is 25.3 Å². The van der Waals surface area contributed by atoms with E-state index in [1.807, 2.05) is 17.9 Å². The molecular formula is C21H40N6O. The van der Waals surface area contributed by atoms with Crippen LogP contribution in [0.15, 0.2) is 17.4 Å². The first kappa shape index (κ1) is 22.7. The number of aromatic nitrogens is 2. The summed E-state index contributed by atoms with van der Waals surface area (Å²) in [6, 6.07) is 0.594. The van der Waals surface area contributed by atoms with E-state index in [1.54, 1.807) is 0 Å². The predicted octanol–water partition coefficient (Wildman–Crippen LogP) is 2.56. The van der Waals surface area contributed by atoms with E-state index in [-0.39, 0.29) is 11.5 Å². The number of guanidine groups is 1. The summed E-state index contributed by atoms with van der Waals surface area (Å²) < 4.78 is 7.87. The molecule has 1 aliphatic rings. The van der Waals surface area contributed by atoms with Crippen molar-refractivity contribution in [2.45, 2.75) is 65.1 Å². The van der Waals surface area contributed by atoms with Gasteiger partial charge in [-0.3, -0.25) is 9.67 Å². The van der Waals surface area contributed by atoms with Crippen molar-refractivity contribution in [2.24, 2.45) is 17.5 Å². The Labute approximate surface area is 170 Å². The van der Waals surface area contributed by atoms with Crippen LogP contribution in [0.25, 0.3) is 0 Å². The molecular weight excluding hydrogens is 352 g/mol. The van der Waals surface area contributed by atoms with E-state index in [9.17, 15) is 0 Å². The van der Waals surface area contributed by atoms with Crippen molar-refractivity contribution in [3.05, 3.63) is 18.0 Å². The van der Waals surface area contributed by atoms with E-state index < -0.39 is 0 Å². The van der Waals surface area contributed by atoms with Crippen LogP contribution in [0.3, 0.4) is 0 Å². The normalized spacial score (nSPS) is 22.8. The van der Waals surface area contributed by atoms with E-state index in [1.165, 1.54) is 5.56 Å². The first-order chi connectivity index (χ1) is 13.4. The largest absolute Gasteiger partial charge is 0.378 e. The monoisotopic (exact) mass is 392 g/mol. The Bertz CT molecular complexity index is 622. The van der Waals surface area contributed by atoms with Crippen LogP contribution in [0.2, 0.25) is 0 Å². The minimum atomic E-state index is 0.191. The molecule has 0 radical (unpaired) electrons. The van der Waals surface area contributed by atoms with Gasteiger partial charge in [0.15, 0.2) is 5.96 Å². The van der Waals surface area contributed by atoms with Gasteiger partial charge in [0.2, 0.25) is 0 Å². The van der Waals surface area contributed by atoms with Gasteiger partial charge in [-0.1, -0.05) is 13.8 Å². The van der Waals surface area contributed by atoms with Crippen LogP contribution in [0.1, 0.15) is 58.6 Å². The first-order valence-electron chi connectivity index (χ1n) is 10.7. The fraction of sp³-hybridized carbons (Fsp3) is 0.810. The van der Waals surface area contributed by atoms with Crippen molar-refractivity contribution < 1.29 is 4.74 Å². The lowest BCUT2D eigenvalue weighted by atomic mass is 9.58. The number of hydrogen-bond donors (Lipinski definition) is 2. The second-order valence-electron chi connectivity index (χ2n) is 7.96. The lowest BCUT2D eigenvalue weighted by Crippen LogP contribution is -2.65. The van der Waals surface area contributed by atoms with E-state index in [2.05, 4.69) is 68.6 Å². The molecule has 2 rings (SSSR count). The lowest BCUT2D eigenvalue weighted by molar-refractivity contribution is -0.133. The fourth-order valence-electron chi connectivity index (χ4n) is 4.43. The molecule has 1 aromatic rings. The number of hydrogen-bond acceptors (Lipinski definition) is 4. The Morgan fingerprint density at radius 1 is 1.36 bits per heavy atom. The molecule has 1 aromatic heterocycles. The third-order valence-corrected chi connectivity index (χ3v) is 6.28. The SMILES string of the molecule is CCNC(=NCC(c1cnn(C)c1)N(C)C)NC1CC(OCC)C1(CC)CC. The molecule has 1 fully saturated rings. The van der Waals surface area contributed by atoms with Gasteiger partial charge < -0.3 is 20.3 Å². The average Bonchev–Trinajstić information content (AvgIpc) is 3.07. The molecule has 0 saturated heterocycles. The van der Waals surface area contributed by atoms with Gasteiger partial charge in [0.05, 0.1) is 24.9 Å². The molecule has 0 aliphatic heterocycles. The molecule has 7 heteroatoms. The highest BCUT2D eigenvalue weighted by atomic mass is 16.5. The van der Waals surface area contributed by atoms with Crippen molar-refractivity contribution in [3.8, 4) is 0 Å². The second-order valence-corrected chi connectivity index (χ2v) is 7.96. The van der Waals surface area contributed by atoms with Crippen LogP contribution in [-0.2, 0) is 11.8 Å². The molecule has 1 saturated carbocycles. The Kier molecular flexibility index (Phi) is 8.31. The summed E-state index contributed by atoms with van der Waals surface area (Å²) in [6.07, 6.45) is 7.61. The molecule has 2 N–H and O–H groups in total. The van der Waals surface area contributed by atoms with Crippen LogP contribution in [0, 0.1) is 5.41 Å². The van der Waals surface area contributed by atoms with Crippen LogP contribution in [0.5, 0.6) is 0 Å². The highest BCUT2D eigenvalue weighted by Crippen LogP contribution is 2.48. The molecule has 0 amide bonds. The smallest absolute Gasteiger partial charge is 0.191 e. The summed E-state index contributed by atoms with van der Waals surface area (Å²) in [5.41, 5.74) is 1.37. The number of aliphatic imine (C=N–C) groups is 1. The van der Waals surface area contributed by atoms with E-state index in [0.29, 0.717) is 18.7 Å². The van der Waals surface area contributed by atoms with Gasteiger partial charge in [0, 0.05) is 43.4 Å². The molecule has 3 atom stereocenters. The van der Waals surface area contributed by atoms with Gasteiger partial charge in [0.1, 0.15) is 0 Å². The van der Waals surface area contributed by atoms with Gasteiger partial charge in [-0.2, -0.15) is 5.10 Å². The molecule has 7 nitrogen and oxygen atoms in total. The molecule has 3 unspecified atom stereocenters. The Morgan fingerprint density at radius 2 is 2.07 bits per heavy atom. The Hall–Kier alpha value is -1.60. The molecule has 160 valence electrons. The van der Waals surface area contributed by atoms with E-state index >= 15 is 0 Å². The highest BCUT2D eigenvalue weighted by Gasteiger charge is 2.53. The third-order valence-electron chi connectivity index (χ3n) is 6.28. The molecule has 0 spiro atoms. The summed E-state index contributed by atoms with van der Waals surface area (Å²) in [5.74, 6) is 0.893. The topological polar surface area (TPSA) is 66.7 Å². The predicted molar refractivity (Wildman–Crippen MR) is 116 cm³/mol. The maximum Gasteiger partial charge on any atom is 0.191 e. The number of aryl methyl sites for hydroxylation is 1. The van der Waals surface area contributed by atoms with Gasteiger partial charge in [-0.15, -0.1) is 0 Å². The summed E-state index contributed by atoms with van der Waals surface area (Å²) in [4.78, 5) is 7.12. The van der Waals surface area contributed by atoms with Gasteiger partial charge >= 0.3 is 0 Å².